The Balaban J connectivity index is 4.10. The van der Waals surface area contributed by atoms with E-state index in [9.17, 15) is 9.59 Å². The Morgan fingerprint density at radius 1 is 1.14 bits per heavy atom. The Bertz CT molecular complexity index is 194. The zero-order valence-electron chi connectivity index (χ0n) is 9.80. The van der Waals surface area contributed by atoms with Gasteiger partial charge in [0.15, 0.2) is 0 Å². The summed E-state index contributed by atoms with van der Waals surface area (Å²) in [7, 11) is 0. The van der Waals surface area contributed by atoms with Gasteiger partial charge < -0.3 is 0 Å². The van der Waals surface area contributed by atoms with Crippen molar-refractivity contribution in [3.8, 4) is 0 Å². The molecule has 2 heteroatoms. The first-order chi connectivity index (χ1) is 6.50. The fraction of sp³-hybridized carbons (Fsp3) is 0.833. The number of hydrogen-bond donors (Lipinski definition) is 0. The lowest BCUT2D eigenvalue weighted by Crippen LogP contribution is -2.26. The van der Waals surface area contributed by atoms with Crippen LogP contribution in [0.1, 0.15) is 53.4 Å². The third-order valence-corrected chi connectivity index (χ3v) is 2.48. The van der Waals surface area contributed by atoms with Crippen LogP contribution in [0, 0.1) is 11.8 Å². The van der Waals surface area contributed by atoms with Crippen LogP contribution in [0.2, 0.25) is 0 Å². The predicted octanol–water partition coefficient (Wildman–Crippen LogP) is 3.00. The molecule has 0 aliphatic carbocycles. The molecule has 0 aromatic carbocycles. The lowest BCUT2D eigenvalue weighted by atomic mass is 9.86. The average Bonchev–Trinajstić information content (AvgIpc) is 2.03. The van der Waals surface area contributed by atoms with Gasteiger partial charge in [0.2, 0.25) is 0 Å². The van der Waals surface area contributed by atoms with E-state index in [1.54, 1.807) is 0 Å². The zero-order chi connectivity index (χ0) is 11.1. The van der Waals surface area contributed by atoms with E-state index in [0.717, 1.165) is 19.3 Å². The maximum atomic E-state index is 11.7. The summed E-state index contributed by atoms with van der Waals surface area (Å²) in [6.07, 6.45) is 3.68. The monoisotopic (exact) mass is 198 g/mol. The van der Waals surface area contributed by atoms with Crippen LogP contribution < -0.4 is 0 Å². The third-order valence-electron chi connectivity index (χ3n) is 2.48. The highest BCUT2D eigenvalue weighted by atomic mass is 16.1. The molecule has 82 valence electrons. The Hall–Kier alpha value is -0.660. The number of carbonyl (C=O) groups excluding carboxylic acids is 2. The van der Waals surface area contributed by atoms with Crippen LogP contribution in [0.5, 0.6) is 0 Å². The summed E-state index contributed by atoms with van der Waals surface area (Å²) in [6.45, 7) is 7.49. The third kappa shape index (κ3) is 4.54. The molecule has 1 atom stereocenters. The first kappa shape index (κ1) is 13.3. The van der Waals surface area contributed by atoms with Crippen molar-refractivity contribution in [1.29, 1.82) is 0 Å². The predicted molar refractivity (Wildman–Crippen MR) is 58.2 cm³/mol. The van der Waals surface area contributed by atoms with E-state index in [1.165, 1.54) is 6.92 Å². The summed E-state index contributed by atoms with van der Waals surface area (Å²) < 4.78 is 0. The summed E-state index contributed by atoms with van der Waals surface area (Å²) in [5, 5.41) is 0. The molecule has 0 aromatic rings. The van der Waals surface area contributed by atoms with Gasteiger partial charge in [-0.15, -0.1) is 0 Å². The molecule has 0 saturated carbocycles. The van der Waals surface area contributed by atoms with E-state index < -0.39 is 0 Å². The first-order valence-electron chi connectivity index (χ1n) is 5.53. The van der Waals surface area contributed by atoms with Crippen LogP contribution in [0.3, 0.4) is 0 Å². The first-order valence-corrected chi connectivity index (χ1v) is 5.53. The molecule has 1 unspecified atom stereocenters. The van der Waals surface area contributed by atoms with Gasteiger partial charge in [-0.25, -0.2) is 0 Å². The number of carbonyl (C=O) groups is 2. The minimum Gasteiger partial charge on any atom is -0.299 e. The van der Waals surface area contributed by atoms with Crippen molar-refractivity contribution in [3.05, 3.63) is 0 Å². The number of rotatable bonds is 7. The fourth-order valence-electron chi connectivity index (χ4n) is 1.77. The van der Waals surface area contributed by atoms with Crippen LogP contribution in [0.25, 0.3) is 0 Å². The maximum absolute atomic E-state index is 11.7. The average molecular weight is 198 g/mol. The van der Waals surface area contributed by atoms with Crippen molar-refractivity contribution < 1.29 is 9.59 Å². The standard InChI is InChI=1S/C12H22O2/c1-5-6-7-8-11(14)12(9(2)3)10(4)13/h9,12H,5-8H2,1-4H3. The zero-order valence-corrected chi connectivity index (χ0v) is 9.80. The summed E-state index contributed by atoms with van der Waals surface area (Å²) in [4.78, 5) is 22.9. The normalized spacial score (nSPS) is 12.9. The Morgan fingerprint density at radius 2 is 1.71 bits per heavy atom. The molecule has 0 bridgehead atoms. The molecule has 14 heavy (non-hydrogen) atoms. The van der Waals surface area contributed by atoms with E-state index in [4.69, 9.17) is 0 Å². The van der Waals surface area contributed by atoms with Crippen LogP contribution in [-0.4, -0.2) is 11.6 Å². The molecule has 0 fully saturated rings. The SMILES string of the molecule is CCCCCC(=O)C(C(C)=O)C(C)C. The second-order valence-corrected chi connectivity index (χ2v) is 4.26. The largest absolute Gasteiger partial charge is 0.299 e. The molecule has 0 aliphatic rings. The van der Waals surface area contributed by atoms with Crippen LogP contribution in [0.4, 0.5) is 0 Å². The Morgan fingerprint density at radius 3 is 2.07 bits per heavy atom. The maximum Gasteiger partial charge on any atom is 0.143 e. The van der Waals surface area contributed by atoms with Crippen molar-refractivity contribution in [3.63, 3.8) is 0 Å². The van der Waals surface area contributed by atoms with Gasteiger partial charge in [-0.3, -0.25) is 9.59 Å². The summed E-state index contributed by atoms with van der Waals surface area (Å²) in [5.41, 5.74) is 0. The summed E-state index contributed by atoms with van der Waals surface area (Å²) in [5.74, 6) is -0.0871. The second-order valence-electron chi connectivity index (χ2n) is 4.26. The highest BCUT2D eigenvalue weighted by Crippen LogP contribution is 2.16. The van der Waals surface area contributed by atoms with E-state index in [2.05, 4.69) is 6.92 Å². The highest BCUT2D eigenvalue weighted by molar-refractivity contribution is 6.01. The topological polar surface area (TPSA) is 34.1 Å². The van der Waals surface area contributed by atoms with Crippen molar-refractivity contribution in [2.45, 2.75) is 53.4 Å². The van der Waals surface area contributed by atoms with Crippen molar-refractivity contribution in [1.82, 2.24) is 0 Å². The number of unbranched alkanes of at least 4 members (excludes halogenated alkanes) is 2. The van der Waals surface area contributed by atoms with Crippen LogP contribution >= 0.6 is 0 Å². The molecule has 0 rings (SSSR count). The van der Waals surface area contributed by atoms with Crippen LogP contribution in [0.15, 0.2) is 0 Å². The van der Waals surface area contributed by atoms with Gasteiger partial charge in [-0.2, -0.15) is 0 Å². The minimum atomic E-state index is -0.369. The van der Waals surface area contributed by atoms with E-state index >= 15 is 0 Å². The van der Waals surface area contributed by atoms with E-state index in [-0.39, 0.29) is 23.4 Å². The van der Waals surface area contributed by atoms with E-state index in [1.807, 2.05) is 13.8 Å². The molecule has 0 N–H and O–H groups in total. The molecule has 0 saturated heterocycles. The smallest absolute Gasteiger partial charge is 0.143 e. The van der Waals surface area contributed by atoms with Gasteiger partial charge >= 0.3 is 0 Å². The van der Waals surface area contributed by atoms with E-state index in [0.29, 0.717) is 6.42 Å². The minimum absolute atomic E-state index is 0.0153. The molecule has 0 radical (unpaired) electrons. The molecule has 0 aromatic heterocycles. The highest BCUT2D eigenvalue weighted by Gasteiger charge is 2.25. The van der Waals surface area contributed by atoms with Gasteiger partial charge in [-0.05, 0) is 19.3 Å². The van der Waals surface area contributed by atoms with Gasteiger partial charge in [0, 0.05) is 6.42 Å². The summed E-state index contributed by atoms with van der Waals surface area (Å²) >= 11 is 0. The fourth-order valence-corrected chi connectivity index (χ4v) is 1.77. The van der Waals surface area contributed by atoms with Crippen LogP contribution in [-0.2, 0) is 9.59 Å². The van der Waals surface area contributed by atoms with Gasteiger partial charge in [0.05, 0.1) is 5.92 Å². The number of Topliss-reactive ketones (excluding diaryl/α,β-unsaturated/α-hetero) is 2. The molecule has 2 nitrogen and oxygen atoms in total. The molecule has 0 aliphatic heterocycles. The van der Waals surface area contributed by atoms with Crippen molar-refractivity contribution in [2.75, 3.05) is 0 Å². The molecule has 0 amide bonds. The quantitative estimate of drug-likeness (QED) is 0.465. The molecule has 0 spiro atoms. The van der Waals surface area contributed by atoms with Gasteiger partial charge in [0.1, 0.15) is 11.6 Å². The van der Waals surface area contributed by atoms with Crippen molar-refractivity contribution >= 4 is 11.6 Å². The number of ketones is 2. The molecule has 0 heterocycles. The van der Waals surface area contributed by atoms with Crippen molar-refractivity contribution in [2.24, 2.45) is 11.8 Å². The lowest BCUT2D eigenvalue weighted by Gasteiger charge is -2.16. The van der Waals surface area contributed by atoms with Gasteiger partial charge in [-0.1, -0.05) is 33.6 Å². The molecular formula is C12H22O2. The Labute approximate surface area is 87.1 Å². The lowest BCUT2D eigenvalue weighted by molar-refractivity contribution is -0.133. The van der Waals surface area contributed by atoms with Gasteiger partial charge in [0.25, 0.3) is 0 Å². The summed E-state index contributed by atoms with van der Waals surface area (Å²) in [6, 6.07) is 0. The Kier molecular flexibility index (Phi) is 6.43. The second kappa shape index (κ2) is 6.74. The number of hydrogen-bond acceptors (Lipinski definition) is 2. The molecular weight excluding hydrogens is 176 g/mol.